The first-order valence-electron chi connectivity index (χ1n) is 8.93. The highest BCUT2D eigenvalue weighted by atomic mass is 16.6. The molecule has 3 heterocycles. The van der Waals surface area contributed by atoms with Gasteiger partial charge in [-0.1, -0.05) is 6.58 Å². The van der Waals surface area contributed by atoms with E-state index < -0.39 is 30.5 Å². The first-order valence-corrected chi connectivity index (χ1v) is 8.93. The number of nitrogens with zero attached hydrogens (tertiary/aromatic N) is 3. The minimum atomic E-state index is -1.62. The van der Waals surface area contributed by atoms with Crippen LogP contribution >= 0.6 is 0 Å². The van der Waals surface area contributed by atoms with Crippen LogP contribution in [-0.2, 0) is 0 Å². The van der Waals surface area contributed by atoms with Gasteiger partial charge in [0.25, 0.3) is 5.56 Å². The molecule has 0 bridgehead atoms. The minimum Gasteiger partial charge on any atom is -0.486 e. The maximum Gasteiger partial charge on any atom is 0.279 e. The Labute approximate surface area is 163 Å². The Bertz CT molecular complexity index is 1100. The van der Waals surface area contributed by atoms with Crippen molar-refractivity contribution in [3.05, 3.63) is 33.3 Å². The third-order valence-corrected chi connectivity index (χ3v) is 4.69. The van der Waals surface area contributed by atoms with Crippen molar-refractivity contribution in [3.8, 4) is 11.5 Å². The average Bonchev–Trinajstić information content (AvgIpc) is 2.71. The monoisotopic (exact) mass is 404 g/mol. The number of nitrogens with one attached hydrogen (secondary N) is 1. The molecule has 0 fully saturated rings. The Morgan fingerprint density at radius 1 is 1.17 bits per heavy atom. The van der Waals surface area contributed by atoms with Gasteiger partial charge in [0.1, 0.15) is 37.0 Å². The van der Waals surface area contributed by atoms with Crippen LogP contribution in [0, 0.1) is 0 Å². The van der Waals surface area contributed by atoms with Gasteiger partial charge in [0.05, 0.1) is 24.5 Å². The van der Waals surface area contributed by atoms with E-state index >= 15 is 0 Å². The van der Waals surface area contributed by atoms with Crippen molar-refractivity contribution in [3.63, 3.8) is 0 Å². The molecule has 0 aliphatic carbocycles. The van der Waals surface area contributed by atoms with Crippen LogP contribution in [0.25, 0.3) is 6.58 Å². The zero-order chi connectivity index (χ0) is 20.7. The van der Waals surface area contributed by atoms with E-state index in [4.69, 9.17) is 14.6 Å². The molecule has 0 saturated carbocycles. The van der Waals surface area contributed by atoms with Crippen LogP contribution in [-0.4, -0.2) is 75.1 Å². The number of hydrogen-bond donors (Lipinski definition) is 5. The molecule has 0 amide bonds. The molecule has 1 aromatic carbocycles. The number of rotatable bonds is 5. The van der Waals surface area contributed by atoms with Crippen molar-refractivity contribution in [2.24, 2.45) is 4.99 Å². The topological polar surface area (TPSA) is 161 Å². The molecule has 2 aromatic rings. The number of aromatic nitrogens is 2. The lowest BCUT2D eigenvalue weighted by Gasteiger charge is -2.32. The molecule has 0 saturated heterocycles. The van der Waals surface area contributed by atoms with Gasteiger partial charge in [0.2, 0.25) is 0 Å². The van der Waals surface area contributed by atoms with Gasteiger partial charge in [-0.3, -0.25) is 4.79 Å². The zero-order valence-electron chi connectivity index (χ0n) is 15.3. The number of hydrogen-bond acceptors (Lipinski definition) is 10. The van der Waals surface area contributed by atoms with Crippen LogP contribution in [0.4, 0.5) is 17.2 Å². The molecule has 1 aromatic heterocycles. The summed E-state index contributed by atoms with van der Waals surface area (Å²) in [6.07, 6.45) is -4.63. The molecule has 11 nitrogen and oxygen atoms in total. The van der Waals surface area contributed by atoms with Crippen molar-refractivity contribution >= 4 is 23.8 Å². The maximum atomic E-state index is 12.4. The molecule has 3 atom stereocenters. The van der Waals surface area contributed by atoms with Gasteiger partial charge in [-0.25, -0.2) is 9.98 Å². The lowest BCUT2D eigenvalue weighted by atomic mass is 10.1. The standard InChI is InChI=1S/C18H20N4O7/c1-8-19-17-15(18(27)20-8)21-9-4-13-14(29-3-2-28-13)5-10(9)22(17)6-11(24)16(26)12(25)7-23/h4-5,11-12,16,23-26H,1-3,6-7H2,(H,20,27)/t11-,12+,16-/m0/s1. The van der Waals surface area contributed by atoms with Crippen LogP contribution in [0.3, 0.4) is 0 Å². The van der Waals surface area contributed by atoms with Crippen molar-refractivity contribution in [2.45, 2.75) is 18.3 Å². The molecule has 2 aliphatic rings. The van der Waals surface area contributed by atoms with E-state index in [1.165, 1.54) is 4.90 Å². The summed E-state index contributed by atoms with van der Waals surface area (Å²) < 4.78 is 11.2. The fourth-order valence-corrected chi connectivity index (χ4v) is 3.24. The van der Waals surface area contributed by atoms with Crippen LogP contribution in [0.5, 0.6) is 11.5 Å². The molecule has 5 N–H and O–H groups in total. The highest BCUT2D eigenvalue weighted by Gasteiger charge is 2.31. The SMILES string of the molecule is C=c1nc2c(c(=O)[nH]1)=Nc1cc3c(cc1N2C[C@H](O)[C@H](O)[C@H](O)CO)OCCO3. The van der Waals surface area contributed by atoms with Crippen LogP contribution in [0.2, 0.25) is 0 Å². The van der Waals surface area contributed by atoms with Gasteiger partial charge in [-0.15, -0.1) is 0 Å². The Morgan fingerprint density at radius 2 is 1.86 bits per heavy atom. The van der Waals surface area contributed by atoms with E-state index in [0.717, 1.165) is 0 Å². The van der Waals surface area contributed by atoms with Crippen molar-refractivity contribution in [1.29, 1.82) is 0 Å². The predicted octanol–water partition coefficient (Wildman–Crippen LogP) is -2.57. The summed E-state index contributed by atoms with van der Waals surface area (Å²) in [5.74, 6) is 1.06. The molecule has 2 aliphatic heterocycles. The second-order valence-electron chi connectivity index (χ2n) is 6.70. The molecule has 0 unspecified atom stereocenters. The number of aliphatic hydroxyl groups excluding tert-OH is 4. The summed E-state index contributed by atoms with van der Waals surface area (Å²) in [4.78, 5) is 25.0. The second-order valence-corrected chi connectivity index (χ2v) is 6.70. The van der Waals surface area contributed by atoms with Gasteiger partial charge in [-0.05, 0) is 0 Å². The number of ether oxygens (including phenoxy) is 2. The summed E-state index contributed by atoms with van der Waals surface area (Å²) in [5, 5.41) is 39.2. The molecule has 29 heavy (non-hydrogen) atoms. The van der Waals surface area contributed by atoms with Gasteiger partial charge in [-0.2, -0.15) is 0 Å². The predicted molar refractivity (Wildman–Crippen MR) is 100 cm³/mol. The summed E-state index contributed by atoms with van der Waals surface area (Å²) in [6, 6.07) is 3.26. The van der Waals surface area contributed by atoms with Gasteiger partial charge in [0, 0.05) is 12.1 Å². The number of fused-ring (bicyclic) bond motifs is 3. The Balaban J connectivity index is 1.85. The van der Waals surface area contributed by atoms with E-state index in [1.807, 2.05) is 0 Å². The molecule has 154 valence electrons. The fraction of sp³-hybridized carbons (Fsp3) is 0.389. The highest BCUT2D eigenvalue weighted by molar-refractivity contribution is 5.79. The normalized spacial score (nSPS) is 17.6. The zero-order valence-corrected chi connectivity index (χ0v) is 15.3. The summed E-state index contributed by atoms with van der Waals surface area (Å²) in [7, 11) is 0. The van der Waals surface area contributed by atoms with Crippen LogP contribution < -0.4 is 30.8 Å². The van der Waals surface area contributed by atoms with Crippen LogP contribution in [0.1, 0.15) is 0 Å². The van der Waals surface area contributed by atoms with Crippen molar-refractivity contribution in [2.75, 3.05) is 31.3 Å². The number of anilines is 2. The average molecular weight is 404 g/mol. The molecule has 0 spiro atoms. The number of benzene rings is 1. The smallest absolute Gasteiger partial charge is 0.279 e. The summed E-state index contributed by atoms with van der Waals surface area (Å²) in [6.45, 7) is 3.42. The van der Waals surface area contributed by atoms with Crippen LogP contribution in [0.15, 0.2) is 21.9 Å². The number of aliphatic hydroxyl groups is 4. The second kappa shape index (κ2) is 7.44. The molecule has 4 rings (SSSR count). The summed E-state index contributed by atoms with van der Waals surface area (Å²) in [5.41, 5.74) is 0.426. The number of H-pyrrole nitrogens is 1. The Kier molecular flexibility index (Phi) is 4.96. The molecule has 11 heteroatoms. The molecular formula is C18H20N4O7. The van der Waals surface area contributed by atoms with Crippen molar-refractivity contribution < 1.29 is 29.9 Å². The van der Waals surface area contributed by atoms with Crippen molar-refractivity contribution in [1.82, 2.24) is 9.97 Å². The third kappa shape index (κ3) is 3.44. The van der Waals surface area contributed by atoms with E-state index in [0.29, 0.717) is 36.1 Å². The van der Waals surface area contributed by atoms with E-state index in [-0.39, 0.29) is 23.2 Å². The third-order valence-electron chi connectivity index (χ3n) is 4.69. The number of aromatic amines is 1. The van der Waals surface area contributed by atoms with Gasteiger partial charge in [0.15, 0.2) is 22.7 Å². The van der Waals surface area contributed by atoms with Gasteiger partial charge < -0.3 is 39.8 Å². The number of β-amino-alcohol motifs (C(OH)–C–C–N with tert-alkyl or cyclic N) is 1. The highest BCUT2D eigenvalue weighted by Crippen LogP contribution is 2.44. The lowest BCUT2D eigenvalue weighted by molar-refractivity contribution is -0.0726. The minimum absolute atomic E-state index is 0.00553. The quantitative estimate of drug-likeness (QED) is 0.361. The van der Waals surface area contributed by atoms with E-state index in [2.05, 4.69) is 21.5 Å². The van der Waals surface area contributed by atoms with E-state index in [1.54, 1.807) is 12.1 Å². The largest absolute Gasteiger partial charge is 0.486 e. The molecule has 0 radical (unpaired) electrons. The molecular weight excluding hydrogens is 384 g/mol. The fourth-order valence-electron chi connectivity index (χ4n) is 3.24. The van der Waals surface area contributed by atoms with Gasteiger partial charge >= 0.3 is 0 Å². The maximum absolute atomic E-state index is 12.4. The van der Waals surface area contributed by atoms with E-state index in [9.17, 15) is 20.1 Å². The first-order chi connectivity index (χ1) is 13.9. The first kappa shape index (κ1) is 19.3. The lowest BCUT2D eigenvalue weighted by Crippen LogP contribution is -2.48. The summed E-state index contributed by atoms with van der Waals surface area (Å²) >= 11 is 0. The Morgan fingerprint density at radius 3 is 2.55 bits per heavy atom. The Hall–Kier alpha value is -2.99.